The van der Waals surface area contributed by atoms with Gasteiger partial charge in [0.15, 0.2) is 11.9 Å². The van der Waals surface area contributed by atoms with Crippen molar-refractivity contribution in [1.82, 2.24) is 4.98 Å². The van der Waals surface area contributed by atoms with Crippen molar-refractivity contribution in [1.29, 1.82) is 0 Å². The number of ketones is 1. The number of benzene rings is 1. The molecular weight excluding hydrogens is 214 g/mol. The minimum atomic E-state index is -0.334. The molecule has 1 aromatic carbocycles. The first-order valence-corrected chi connectivity index (χ1v) is 5.51. The van der Waals surface area contributed by atoms with Crippen LogP contribution in [0, 0.1) is 0 Å². The Labute approximate surface area is 99.1 Å². The van der Waals surface area contributed by atoms with E-state index in [0.717, 1.165) is 5.56 Å². The van der Waals surface area contributed by atoms with E-state index in [2.05, 4.69) is 4.98 Å². The Morgan fingerprint density at radius 3 is 2.47 bits per heavy atom. The minimum Gasteiger partial charge on any atom is -0.356 e. The van der Waals surface area contributed by atoms with Crippen LogP contribution in [-0.4, -0.2) is 16.9 Å². The molecule has 0 spiro atoms. The summed E-state index contributed by atoms with van der Waals surface area (Å²) in [5.74, 6) is 0.0485. The molecule has 1 aliphatic heterocycles. The van der Waals surface area contributed by atoms with Crippen molar-refractivity contribution in [2.24, 2.45) is 0 Å². The van der Waals surface area contributed by atoms with Crippen LogP contribution in [0.25, 0.3) is 0 Å². The smallest absolute Gasteiger partial charge is 0.194 e. The highest BCUT2D eigenvalue weighted by molar-refractivity contribution is 6.01. The van der Waals surface area contributed by atoms with Crippen LogP contribution in [0.5, 0.6) is 0 Å². The largest absolute Gasteiger partial charge is 0.356 e. The van der Waals surface area contributed by atoms with Gasteiger partial charge in [0.1, 0.15) is 6.10 Å². The Kier molecular flexibility index (Phi) is 2.46. The van der Waals surface area contributed by atoms with E-state index in [1.807, 2.05) is 42.5 Å². The first-order chi connectivity index (χ1) is 8.36. The first kappa shape index (κ1) is 10.2. The number of ether oxygens (including phenoxy) is 1. The predicted molar refractivity (Wildman–Crippen MR) is 62.6 cm³/mol. The quantitative estimate of drug-likeness (QED) is 0.595. The predicted octanol–water partition coefficient (Wildman–Crippen LogP) is 2.40. The second kappa shape index (κ2) is 4.11. The lowest BCUT2D eigenvalue weighted by atomic mass is 10.0. The second-order valence-corrected chi connectivity index (χ2v) is 3.99. The van der Waals surface area contributed by atoms with Crippen LogP contribution < -0.4 is 0 Å². The number of carbonyl (C=O) groups is 1. The molecule has 0 aliphatic carbocycles. The summed E-state index contributed by atoms with van der Waals surface area (Å²) in [5, 5.41) is 0. The molecule has 3 nitrogen and oxygen atoms in total. The van der Waals surface area contributed by atoms with Gasteiger partial charge in [-0.05, 0) is 17.7 Å². The van der Waals surface area contributed by atoms with Gasteiger partial charge in [-0.2, -0.15) is 0 Å². The summed E-state index contributed by atoms with van der Waals surface area (Å²) in [6.45, 7) is 0. The maximum absolute atomic E-state index is 12.1. The molecule has 2 atom stereocenters. The maximum atomic E-state index is 12.1. The van der Waals surface area contributed by atoms with Crippen molar-refractivity contribution in [2.75, 3.05) is 0 Å². The highest BCUT2D eigenvalue weighted by Crippen LogP contribution is 2.40. The van der Waals surface area contributed by atoms with Gasteiger partial charge in [0, 0.05) is 18.0 Å². The molecule has 17 heavy (non-hydrogen) atoms. The Morgan fingerprint density at radius 1 is 1.06 bits per heavy atom. The van der Waals surface area contributed by atoms with Gasteiger partial charge >= 0.3 is 0 Å². The van der Waals surface area contributed by atoms with E-state index >= 15 is 0 Å². The maximum Gasteiger partial charge on any atom is 0.194 e. The number of pyridine rings is 1. The van der Waals surface area contributed by atoms with Gasteiger partial charge in [0.05, 0.1) is 0 Å². The summed E-state index contributed by atoms with van der Waals surface area (Å²) in [6, 6.07) is 13.0. The second-order valence-electron chi connectivity index (χ2n) is 3.99. The van der Waals surface area contributed by atoms with E-state index in [4.69, 9.17) is 4.74 Å². The highest BCUT2D eigenvalue weighted by Gasteiger charge is 2.45. The minimum absolute atomic E-state index is 0.0485. The molecule has 2 unspecified atom stereocenters. The molecule has 0 bridgehead atoms. The lowest BCUT2D eigenvalue weighted by molar-refractivity contribution is 0.0953. The van der Waals surface area contributed by atoms with Crippen LogP contribution in [0.15, 0.2) is 54.9 Å². The highest BCUT2D eigenvalue weighted by atomic mass is 16.6. The van der Waals surface area contributed by atoms with Crippen molar-refractivity contribution >= 4 is 5.78 Å². The SMILES string of the molecule is O=C(c1ccccc1)C1OC1c1ccncc1. The molecule has 84 valence electrons. The van der Waals surface area contributed by atoms with Crippen LogP contribution in [0.2, 0.25) is 0 Å². The third-order valence-electron chi connectivity index (χ3n) is 2.84. The summed E-state index contributed by atoms with van der Waals surface area (Å²) in [7, 11) is 0. The Bertz CT molecular complexity index is 524. The summed E-state index contributed by atoms with van der Waals surface area (Å²) < 4.78 is 5.44. The molecule has 1 aromatic heterocycles. The molecule has 2 aromatic rings. The molecule has 0 saturated carbocycles. The molecular formula is C14H11NO2. The van der Waals surface area contributed by atoms with Gasteiger partial charge in [-0.25, -0.2) is 0 Å². The molecule has 0 radical (unpaired) electrons. The van der Waals surface area contributed by atoms with E-state index in [0.29, 0.717) is 5.56 Å². The van der Waals surface area contributed by atoms with E-state index in [9.17, 15) is 4.79 Å². The van der Waals surface area contributed by atoms with Crippen molar-refractivity contribution < 1.29 is 9.53 Å². The molecule has 1 saturated heterocycles. The Morgan fingerprint density at radius 2 is 1.76 bits per heavy atom. The summed E-state index contributed by atoms with van der Waals surface area (Å²) in [4.78, 5) is 16.0. The number of aromatic nitrogens is 1. The standard InChI is InChI=1S/C14H11NO2/c16-12(10-4-2-1-3-5-10)14-13(17-14)11-6-8-15-9-7-11/h1-9,13-14H. The fourth-order valence-electron chi connectivity index (χ4n) is 1.89. The van der Waals surface area contributed by atoms with Gasteiger partial charge in [-0.3, -0.25) is 9.78 Å². The summed E-state index contributed by atoms with van der Waals surface area (Å²) in [6.07, 6.45) is 2.98. The topological polar surface area (TPSA) is 42.5 Å². The van der Waals surface area contributed by atoms with Crippen molar-refractivity contribution in [2.45, 2.75) is 12.2 Å². The summed E-state index contributed by atoms with van der Waals surface area (Å²) >= 11 is 0. The number of nitrogens with zero attached hydrogens (tertiary/aromatic N) is 1. The molecule has 0 amide bonds. The number of hydrogen-bond donors (Lipinski definition) is 0. The van der Waals surface area contributed by atoms with E-state index in [-0.39, 0.29) is 18.0 Å². The monoisotopic (exact) mass is 225 g/mol. The van der Waals surface area contributed by atoms with Gasteiger partial charge in [0.2, 0.25) is 0 Å². The van der Waals surface area contributed by atoms with Gasteiger partial charge < -0.3 is 4.74 Å². The van der Waals surface area contributed by atoms with Gasteiger partial charge in [0.25, 0.3) is 0 Å². The average Bonchev–Trinajstić information content (AvgIpc) is 3.20. The number of rotatable bonds is 3. The zero-order valence-electron chi connectivity index (χ0n) is 9.11. The number of carbonyl (C=O) groups excluding carboxylic acids is 1. The lowest BCUT2D eigenvalue weighted by Crippen LogP contribution is -2.07. The van der Waals surface area contributed by atoms with E-state index in [1.165, 1.54) is 0 Å². The van der Waals surface area contributed by atoms with Crippen molar-refractivity contribution in [3.63, 3.8) is 0 Å². The zero-order valence-corrected chi connectivity index (χ0v) is 9.11. The third-order valence-corrected chi connectivity index (χ3v) is 2.84. The van der Waals surface area contributed by atoms with E-state index < -0.39 is 0 Å². The number of hydrogen-bond acceptors (Lipinski definition) is 3. The van der Waals surface area contributed by atoms with Crippen LogP contribution in [0.1, 0.15) is 22.0 Å². The molecule has 0 N–H and O–H groups in total. The Hall–Kier alpha value is -2.00. The number of epoxide rings is 1. The van der Waals surface area contributed by atoms with Crippen molar-refractivity contribution in [3.8, 4) is 0 Å². The van der Waals surface area contributed by atoms with Crippen molar-refractivity contribution in [3.05, 3.63) is 66.0 Å². The van der Waals surface area contributed by atoms with Crippen LogP contribution in [0.3, 0.4) is 0 Å². The van der Waals surface area contributed by atoms with Gasteiger partial charge in [-0.1, -0.05) is 30.3 Å². The fourth-order valence-corrected chi connectivity index (χ4v) is 1.89. The van der Waals surface area contributed by atoms with Gasteiger partial charge in [-0.15, -0.1) is 0 Å². The van der Waals surface area contributed by atoms with Crippen LogP contribution in [-0.2, 0) is 4.74 Å². The molecule has 1 aliphatic rings. The van der Waals surface area contributed by atoms with Crippen LogP contribution in [0.4, 0.5) is 0 Å². The molecule has 3 rings (SSSR count). The number of Topliss-reactive ketones (excluding diaryl/α,β-unsaturated/α-hetero) is 1. The zero-order chi connectivity index (χ0) is 11.7. The Balaban J connectivity index is 1.76. The molecule has 2 heterocycles. The summed E-state index contributed by atoms with van der Waals surface area (Å²) in [5.41, 5.74) is 1.71. The third kappa shape index (κ3) is 1.97. The normalized spacial score (nSPS) is 22.1. The average molecular weight is 225 g/mol. The first-order valence-electron chi connectivity index (χ1n) is 5.51. The molecule has 3 heteroatoms. The fraction of sp³-hybridized carbons (Fsp3) is 0.143. The lowest BCUT2D eigenvalue weighted by Gasteiger charge is -1.96. The van der Waals surface area contributed by atoms with Crippen LogP contribution >= 0.6 is 0 Å². The van der Waals surface area contributed by atoms with E-state index in [1.54, 1.807) is 12.4 Å². The molecule has 1 fully saturated rings.